The quantitative estimate of drug-likeness (QED) is 0.648. The van der Waals surface area contributed by atoms with Gasteiger partial charge in [0.15, 0.2) is 5.03 Å². The average Bonchev–Trinajstić information content (AvgIpc) is 3.24. The van der Waals surface area contributed by atoms with Crippen LogP contribution in [-0.2, 0) is 23.0 Å². The number of aryl methyl sites for hydroxylation is 2. The van der Waals surface area contributed by atoms with E-state index in [2.05, 4.69) is 4.98 Å². The fraction of sp³-hybridized carbons (Fsp3) is 0.364. The number of nitrogens with zero attached hydrogens (tertiary/aromatic N) is 4. The van der Waals surface area contributed by atoms with Crippen molar-refractivity contribution >= 4 is 26.7 Å². The molecule has 2 aliphatic rings. The minimum atomic E-state index is -3.64. The summed E-state index contributed by atoms with van der Waals surface area (Å²) in [6, 6.07) is 13.5. The summed E-state index contributed by atoms with van der Waals surface area (Å²) in [6.07, 6.45) is 4.59. The van der Waals surface area contributed by atoms with Crippen LogP contribution in [0.2, 0.25) is 0 Å². The molecule has 1 amide bonds. The summed E-state index contributed by atoms with van der Waals surface area (Å²) in [5, 5.41) is 2.07. The number of hydrogen-bond acceptors (Lipinski definition) is 4. The molecule has 8 heteroatoms. The normalized spacial score (nSPS) is 17.8. The number of rotatable bonds is 3. The van der Waals surface area contributed by atoms with Crippen molar-refractivity contribution in [1.82, 2.24) is 18.8 Å². The van der Waals surface area contributed by atoms with E-state index in [1.807, 2.05) is 47.0 Å². The standard InChI is InChI=1S/C22H24N4O3S/c27-22(19-9-5-7-17-6-1-2-8-18(17)19)24-12-14-26(15-13-24)30(28,29)21-16-25-11-4-3-10-20(25)23-21/h1-2,5-9,16H,3-4,10-15H2. The molecule has 1 saturated heterocycles. The van der Waals surface area contributed by atoms with Crippen molar-refractivity contribution in [2.75, 3.05) is 26.2 Å². The van der Waals surface area contributed by atoms with Crippen molar-refractivity contribution in [3.8, 4) is 0 Å². The van der Waals surface area contributed by atoms with Gasteiger partial charge >= 0.3 is 0 Å². The molecule has 0 radical (unpaired) electrons. The Morgan fingerprint density at radius 3 is 2.47 bits per heavy atom. The first-order valence-corrected chi connectivity index (χ1v) is 11.8. The van der Waals surface area contributed by atoms with Gasteiger partial charge in [0.05, 0.1) is 0 Å². The van der Waals surface area contributed by atoms with Crippen molar-refractivity contribution < 1.29 is 13.2 Å². The fourth-order valence-electron chi connectivity index (χ4n) is 4.36. The number of amides is 1. The average molecular weight is 425 g/mol. The van der Waals surface area contributed by atoms with Crippen LogP contribution in [0.5, 0.6) is 0 Å². The van der Waals surface area contributed by atoms with E-state index in [1.165, 1.54) is 4.31 Å². The van der Waals surface area contributed by atoms with E-state index in [9.17, 15) is 13.2 Å². The predicted octanol–water partition coefficient (Wildman–Crippen LogP) is 2.52. The van der Waals surface area contributed by atoms with Crippen molar-refractivity contribution in [3.63, 3.8) is 0 Å². The summed E-state index contributed by atoms with van der Waals surface area (Å²) in [6.45, 7) is 2.12. The van der Waals surface area contributed by atoms with Crippen molar-refractivity contribution in [3.05, 3.63) is 60.0 Å². The lowest BCUT2D eigenvalue weighted by Crippen LogP contribution is -2.50. The Morgan fingerprint density at radius 2 is 1.67 bits per heavy atom. The second kappa shape index (κ2) is 7.52. The number of hydrogen-bond donors (Lipinski definition) is 0. The van der Waals surface area contributed by atoms with E-state index in [-0.39, 0.29) is 24.0 Å². The predicted molar refractivity (Wildman–Crippen MR) is 114 cm³/mol. The van der Waals surface area contributed by atoms with Crippen LogP contribution in [0.25, 0.3) is 10.8 Å². The van der Waals surface area contributed by atoms with Crippen LogP contribution >= 0.6 is 0 Å². The molecule has 7 nitrogen and oxygen atoms in total. The molecule has 30 heavy (non-hydrogen) atoms. The number of fused-ring (bicyclic) bond motifs is 2. The molecule has 156 valence electrons. The zero-order valence-electron chi connectivity index (χ0n) is 16.7. The molecule has 0 unspecified atom stereocenters. The summed E-state index contributed by atoms with van der Waals surface area (Å²) >= 11 is 0. The third-order valence-electron chi connectivity index (χ3n) is 6.04. The Labute approximate surface area is 176 Å². The van der Waals surface area contributed by atoms with E-state index in [0.29, 0.717) is 18.7 Å². The van der Waals surface area contributed by atoms with Gasteiger partial charge in [-0.25, -0.2) is 13.4 Å². The van der Waals surface area contributed by atoms with Crippen LogP contribution in [0, 0.1) is 0 Å². The van der Waals surface area contributed by atoms with E-state index >= 15 is 0 Å². The number of carbonyl (C=O) groups is 1. The number of carbonyl (C=O) groups excluding carboxylic acids is 1. The van der Waals surface area contributed by atoms with Crippen LogP contribution < -0.4 is 0 Å². The highest BCUT2D eigenvalue weighted by Crippen LogP contribution is 2.23. The molecular formula is C22H24N4O3S. The molecule has 0 bridgehead atoms. The van der Waals surface area contributed by atoms with Crippen molar-refractivity contribution in [2.24, 2.45) is 0 Å². The van der Waals surface area contributed by atoms with Crippen molar-refractivity contribution in [1.29, 1.82) is 0 Å². The lowest BCUT2D eigenvalue weighted by Gasteiger charge is -2.33. The molecule has 1 fully saturated rings. The van der Waals surface area contributed by atoms with Crippen LogP contribution in [0.1, 0.15) is 29.0 Å². The summed E-state index contributed by atoms with van der Waals surface area (Å²) in [5.41, 5.74) is 0.659. The first kappa shape index (κ1) is 19.3. The zero-order valence-corrected chi connectivity index (χ0v) is 17.5. The van der Waals surface area contributed by atoms with Crippen LogP contribution in [0.15, 0.2) is 53.7 Å². The van der Waals surface area contributed by atoms with E-state index in [0.717, 1.165) is 42.4 Å². The van der Waals surface area contributed by atoms with Gasteiger partial charge in [-0.2, -0.15) is 4.31 Å². The molecular weight excluding hydrogens is 400 g/mol. The van der Waals surface area contributed by atoms with Crippen LogP contribution in [0.3, 0.4) is 0 Å². The fourth-order valence-corrected chi connectivity index (χ4v) is 5.75. The Kier molecular flexibility index (Phi) is 4.83. The Bertz CT molecular complexity index is 1180. The van der Waals surface area contributed by atoms with E-state index < -0.39 is 10.0 Å². The number of piperazine rings is 1. The molecule has 0 saturated carbocycles. The smallest absolute Gasteiger partial charge is 0.262 e. The maximum atomic E-state index is 13.1. The van der Waals surface area contributed by atoms with Gasteiger partial charge < -0.3 is 9.47 Å². The zero-order chi connectivity index (χ0) is 20.7. The highest BCUT2D eigenvalue weighted by molar-refractivity contribution is 7.89. The topological polar surface area (TPSA) is 75.5 Å². The summed E-state index contributed by atoms with van der Waals surface area (Å²) in [5.74, 6) is 0.797. The summed E-state index contributed by atoms with van der Waals surface area (Å²) in [4.78, 5) is 19.2. The molecule has 3 heterocycles. The molecule has 1 aromatic heterocycles. The minimum Gasteiger partial charge on any atom is -0.336 e. The molecule has 0 N–H and O–H groups in total. The molecule has 0 atom stereocenters. The van der Waals surface area contributed by atoms with Crippen LogP contribution in [0.4, 0.5) is 0 Å². The van der Waals surface area contributed by atoms with Gasteiger partial charge in [0.2, 0.25) is 0 Å². The maximum absolute atomic E-state index is 13.1. The molecule has 0 aliphatic carbocycles. The Morgan fingerprint density at radius 1 is 0.900 bits per heavy atom. The third kappa shape index (κ3) is 3.30. The lowest BCUT2D eigenvalue weighted by atomic mass is 10.0. The maximum Gasteiger partial charge on any atom is 0.262 e. The molecule has 5 rings (SSSR count). The first-order valence-electron chi connectivity index (χ1n) is 10.4. The van der Waals surface area contributed by atoms with Gasteiger partial charge in [0.1, 0.15) is 5.82 Å². The monoisotopic (exact) mass is 424 g/mol. The second-order valence-corrected chi connectivity index (χ2v) is 9.75. The molecule has 2 aromatic carbocycles. The highest BCUT2D eigenvalue weighted by Gasteiger charge is 2.33. The highest BCUT2D eigenvalue weighted by atomic mass is 32.2. The minimum absolute atomic E-state index is 0.0543. The van der Waals surface area contributed by atoms with Crippen molar-refractivity contribution in [2.45, 2.75) is 30.8 Å². The van der Waals surface area contributed by atoms with Crippen LogP contribution in [-0.4, -0.2) is 59.3 Å². The van der Waals surface area contributed by atoms with Gasteiger partial charge in [-0.1, -0.05) is 36.4 Å². The number of aromatic nitrogens is 2. The Hall–Kier alpha value is -2.71. The van der Waals surface area contributed by atoms with Gasteiger partial charge in [-0.3, -0.25) is 4.79 Å². The van der Waals surface area contributed by atoms with Gasteiger partial charge in [-0.05, 0) is 29.7 Å². The molecule has 3 aromatic rings. The van der Waals surface area contributed by atoms with E-state index in [4.69, 9.17) is 0 Å². The number of benzene rings is 2. The number of sulfonamides is 1. The summed E-state index contributed by atoms with van der Waals surface area (Å²) in [7, 11) is -3.64. The second-order valence-electron chi connectivity index (χ2n) is 7.87. The van der Waals surface area contributed by atoms with E-state index in [1.54, 1.807) is 11.1 Å². The lowest BCUT2D eigenvalue weighted by molar-refractivity contribution is 0.0700. The largest absolute Gasteiger partial charge is 0.336 e. The third-order valence-corrected chi connectivity index (χ3v) is 7.81. The summed E-state index contributed by atoms with van der Waals surface area (Å²) < 4.78 is 29.6. The van der Waals surface area contributed by atoms with Gasteiger partial charge in [0.25, 0.3) is 15.9 Å². The van der Waals surface area contributed by atoms with Gasteiger partial charge in [-0.15, -0.1) is 0 Å². The SMILES string of the molecule is O=C(c1cccc2ccccc12)N1CCN(S(=O)(=O)c2cn3c(n2)CCCC3)CC1. The molecule has 2 aliphatic heterocycles. The molecule has 0 spiro atoms. The van der Waals surface area contributed by atoms with Gasteiger partial charge in [0, 0.05) is 50.9 Å². The first-order chi connectivity index (χ1) is 14.5. The Balaban J connectivity index is 1.32. The number of imidazole rings is 1.